The topological polar surface area (TPSA) is 48.2 Å². The first-order chi connectivity index (χ1) is 8.38. The van der Waals surface area contributed by atoms with Crippen LogP contribution in [0, 0.1) is 18.4 Å². The fourth-order valence-corrected chi connectivity index (χ4v) is 1.59. The van der Waals surface area contributed by atoms with E-state index in [1.807, 2.05) is 0 Å². The van der Waals surface area contributed by atoms with E-state index < -0.39 is 11.7 Å². The van der Waals surface area contributed by atoms with Gasteiger partial charge in [-0.3, -0.25) is 5.32 Å². The Morgan fingerprint density at radius 1 is 1.44 bits per heavy atom. The van der Waals surface area contributed by atoms with Gasteiger partial charge < -0.3 is 0 Å². The van der Waals surface area contributed by atoms with Crippen LogP contribution < -0.4 is 5.32 Å². The highest BCUT2D eigenvalue weighted by Gasteiger charge is 2.33. The van der Waals surface area contributed by atoms with E-state index in [0.717, 1.165) is 17.8 Å². The SMILES string of the molecule is CSC(=Nc1cc(C)ccc1C(F)(F)F)NC#N. The first-order valence-corrected chi connectivity index (χ1v) is 6.06. The van der Waals surface area contributed by atoms with Crippen LogP contribution in [0.25, 0.3) is 0 Å². The molecule has 0 aliphatic carbocycles. The highest BCUT2D eigenvalue weighted by atomic mass is 32.2. The van der Waals surface area contributed by atoms with Gasteiger partial charge in [-0.05, 0) is 30.9 Å². The third kappa shape index (κ3) is 3.67. The van der Waals surface area contributed by atoms with Gasteiger partial charge in [0, 0.05) is 0 Å². The summed E-state index contributed by atoms with van der Waals surface area (Å²) in [5, 5.41) is 10.8. The minimum absolute atomic E-state index is 0.119. The summed E-state index contributed by atoms with van der Waals surface area (Å²) in [5.41, 5.74) is -0.354. The lowest BCUT2D eigenvalue weighted by atomic mass is 10.1. The molecule has 0 radical (unpaired) electrons. The maximum atomic E-state index is 12.8. The zero-order valence-corrected chi connectivity index (χ0v) is 10.5. The molecule has 0 aliphatic rings. The molecule has 0 aromatic heterocycles. The van der Waals surface area contributed by atoms with Crippen LogP contribution in [0.4, 0.5) is 18.9 Å². The van der Waals surface area contributed by atoms with E-state index in [0.29, 0.717) is 5.56 Å². The van der Waals surface area contributed by atoms with Gasteiger partial charge in [0.05, 0.1) is 11.3 Å². The Hall–Kier alpha value is -1.68. The van der Waals surface area contributed by atoms with Crippen LogP contribution >= 0.6 is 11.8 Å². The van der Waals surface area contributed by atoms with Crippen LogP contribution in [0.15, 0.2) is 23.2 Å². The van der Waals surface area contributed by atoms with E-state index in [1.165, 1.54) is 12.1 Å². The monoisotopic (exact) mass is 273 g/mol. The molecule has 0 atom stereocenters. The zero-order valence-electron chi connectivity index (χ0n) is 9.67. The molecule has 7 heteroatoms. The second-order valence-corrected chi connectivity index (χ2v) is 4.17. The normalized spacial score (nSPS) is 12.1. The molecule has 0 heterocycles. The van der Waals surface area contributed by atoms with Gasteiger partial charge in [0.15, 0.2) is 11.4 Å². The van der Waals surface area contributed by atoms with Crippen LogP contribution in [0.1, 0.15) is 11.1 Å². The summed E-state index contributed by atoms with van der Waals surface area (Å²) in [6.45, 7) is 1.68. The summed E-state index contributed by atoms with van der Waals surface area (Å²) >= 11 is 1.06. The third-order valence-corrected chi connectivity index (χ3v) is 2.62. The number of hydrogen-bond donors (Lipinski definition) is 1. The Labute approximate surface area is 107 Å². The fourth-order valence-electron chi connectivity index (χ4n) is 1.26. The van der Waals surface area contributed by atoms with E-state index >= 15 is 0 Å². The maximum Gasteiger partial charge on any atom is 0.418 e. The van der Waals surface area contributed by atoms with Crippen LogP contribution in [0.5, 0.6) is 0 Å². The standard InChI is InChI=1S/C11H10F3N3S/c1-7-3-4-8(11(12,13)14)9(5-7)17-10(18-2)16-6-15/h3-5H,1-2H3,(H,16,17). The number of aliphatic imine (C=N–C) groups is 1. The number of alkyl halides is 3. The number of nitriles is 1. The van der Waals surface area contributed by atoms with Crippen molar-refractivity contribution in [2.75, 3.05) is 6.26 Å². The Morgan fingerprint density at radius 2 is 2.11 bits per heavy atom. The van der Waals surface area contributed by atoms with Crippen molar-refractivity contribution in [1.82, 2.24) is 5.32 Å². The number of thioether (sulfide) groups is 1. The zero-order chi connectivity index (χ0) is 13.8. The number of aryl methyl sites for hydroxylation is 1. The molecule has 3 nitrogen and oxygen atoms in total. The lowest BCUT2D eigenvalue weighted by Gasteiger charge is -2.11. The lowest BCUT2D eigenvalue weighted by Crippen LogP contribution is -2.13. The predicted molar refractivity (Wildman–Crippen MR) is 65.5 cm³/mol. The molecule has 0 saturated carbocycles. The Kier molecular flexibility index (Phi) is 4.62. The molecule has 1 aromatic rings. The molecule has 96 valence electrons. The maximum absolute atomic E-state index is 12.8. The van der Waals surface area contributed by atoms with E-state index in [9.17, 15) is 13.2 Å². The summed E-state index contributed by atoms with van der Waals surface area (Å²) in [7, 11) is 0. The first-order valence-electron chi connectivity index (χ1n) is 4.84. The quantitative estimate of drug-likeness (QED) is 0.369. The average Bonchev–Trinajstić information content (AvgIpc) is 2.26. The number of hydrogen-bond acceptors (Lipinski definition) is 3. The van der Waals surface area contributed by atoms with Gasteiger partial charge in [-0.1, -0.05) is 17.8 Å². The Bertz CT molecular complexity index is 503. The molecule has 0 unspecified atom stereocenters. The van der Waals surface area contributed by atoms with Crippen molar-refractivity contribution in [1.29, 1.82) is 5.26 Å². The predicted octanol–water partition coefficient (Wildman–Crippen LogP) is 3.44. The van der Waals surface area contributed by atoms with Crippen molar-refractivity contribution in [2.24, 2.45) is 4.99 Å². The molecule has 0 saturated heterocycles. The first kappa shape index (κ1) is 14.4. The smallest absolute Gasteiger partial charge is 0.271 e. The molecule has 0 amide bonds. The van der Waals surface area contributed by atoms with Crippen LogP contribution in [0.2, 0.25) is 0 Å². The second kappa shape index (κ2) is 5.78. The summed E-state index contributed by atoms with van der Waals surface area (Å²) in [5.74, 6) is 0. The van der Waals surface area contributed by atoms with Gasteiger partial charge >= 0.3 is 6.18 Å². The molecule has 0 fully saturated rings. The van der Waals surface area contributed by atoms with Crippen LogP contribution in [-0.2, 0) is 6.18 Å². The summed E-state index contributed by atoms with van der Waals surface area (Å²) < 4.78 is 38.3. The van der Waals surface area contributed by atoms with Gasteiger partial charge in [0.1, 0.15) is 0 Å². The lowest BCUT2D eigenvalue weighted by molar-refractivity contribution is -0.137. The van der Waals surface area contributed by atoms with Gasteiger partial charge in [-0.15, -0.1) is 0 Å². The highest BCUT2D eigenvalue weighted by molar-refractivity contribution is 8.13. The third-order valence-electron chi connectivity index (χ3n) is 2.04. The van der Waals surface area contributed by atoms with Gasteiger partial charge in [-0.25, -0.2) is 4.99 Å². The minimum Gasteiger partial charge on any atom is -0.271 e. The van der Waals surface area contributed by atoms with Crippen molar-refractivity contribution in [3.8, 4) is 6.19 Å². The van der Waals surface area contributed by atoms with Gasteiger partial charge in [0.2, 0.25) is 0 Å². The fraction of sp³-hybridized carbons (Fsp3) is 0.273. The van der Waals surface area contributed by atoms with Crippen molar-refractivity contribution in [2.45, 2.75) is 13.1 Å². The van der Waals surface area contributed by atoms with Gasteiger partial charge in [0.25, 0.3) is 0 Å². The van der Waals surface area contributed by atoms with E-state index in [2.05, 4.69) is 10.3 Å². The van der Waals surface area contributed by atoms with E-state index in [1.54, 1.807) is 19.4 Å². The molecular formula is C11H10F3N3S. The highest BCUT2D eigenvalue weighted by Crippen LogP contribution is 2.37. The Balaban J connectivity index is 3.30. The summed E-state index contributed by atoms with van der Waals surface area (Å²) in [4.78, 5) is 3.82. The summed E-state index contributed by atoms with van der Waals surface area (Å²) in [6, 6.07) is 3.69. The minimum atomic E-state index is -4.47. The van der Waals surface area contributed by atoms with Crippen LogP contribution in [0.3, 0.4) is 0 Å². The van der Waals surface area contributed by atoms with Crippen LogP contribution in [-0.4, -0.2) is 11.4 Å². The van der Waals surface area contributed by atoms with Crippen molar-refractivity contribution in [3.63, 3.8) is 0 Å². The molecule has 0 spiro atoms. The molecule has 18 heavy (non-hydrogen) atoms. The molecule has 1 aromatic carbocycles. The summed E-state index contributed by atoms with van der Waals surface area (Å²) in [6.07, 6.45) is -1.22. The van der Waals surface area contributed by atoms with Gasteiger partial charge in [-0.2, -0.15) is 18.4 Å². The van der Waals surface area contributed by atoms with E-state index in [4.69, 9.17) is 5.26 Å². The average molecular weight is 273 g/mol. The number of nitrogens with one attached hydrogen (secondary N) is 1. The van der Waals surface area contributed by atoms with Crippen molar-refractivity contribution >= 4 is 22.6 Å². The van der Waals surface area contributed by atoms with Crippen molar-refractivity contribution in [3.05, 3.63) is 29.3 Å². The van der Waals surface area contributed by atoms with Crippen molar-refractivity contribution < 1.29 is 13.2 Å². The number of rotatable bonds is 1. The Morgan fingerprint density at radius 3 is 2.61 bits per heavy atom. The largest absolute Gasteiger partial charge is 0.418 e. The molecule has 0 bridgehead atoms. The molecule has 1 rings (SSSR count). The second-order valence-electron chi connectivity index (χ2n) is 3.38. The van der Waals surface area contributed by atoms with E-state index in [-0.39, 0.29) is 10.9 Å². The number of amidine groups is 1. The molecule has 0 aliphatic heterocycles. The molecular weight excluding hydrogens is 263 g/mol. The number of nitrogens with zero attached hydrogens (tertiary/aromatic N) is 2. The number of benzene rings is 1. The number of halogens is 3. The molecule has 1 N–H and O–H groups in total.